The van der Waals surface area contributed by atoms with Gasteiger partial charge < -0.3 is 9.47 Å². The fourth-order valence-electron chi connectivity index (χ4n) is 1.64. The van der Waals surface area contributed by atoms with E-state index in [-0.39, 0.29) is 12.1 Å². The molecule has 1 aromatic rings. The Morgan fingerprint density at radius 2 is 2.36 bits per heavy atom. The van der Waals surface area contributed by atoms with Crippen LogP contribution in [0.1, 0.15) is 12.0 Å². The quantitative estimate of drug-likeness (QED) is 0.667. The van der Waals surface area contributed by atoms with Crippen molar-refractivity contribution in [1.82, 2.24) is 0 Å². The van der Waals surface area contributed by atoms with Gasteiger partial charge in [-0.1, -0.05) is 18.2 Å². The van der Waals surface area contributed by atoms with Crippen molar-refractivity contribution in [3.8, 4) is 5.75 Å². The number of fused-ring (bicyclic) bond motifs is 1. The van der Waals surface area contributed by atoms with Gasteiger partial charge in [0.15, 0.2) is 0 Å². The Kier molecular flexibility index (Phi) is 2.39. The van der Waals surface area contributed by atoms with Gasteiger partial charge in [-0.15, -0.1) is 0 Å². The predicted molar refractivity (Wildman–Crippen MR) is 51.2 cm³/mol. The fourth-order valence-corrected chi connectivity index (χ4v) is 1.64. The first-order valence-corrected chi connectivity index (χ1v) is 4.61. The van der Waals surface area contributed by atoms with E-state index in [9.17, 15) is 4.79 Å². The molecule has 2 rings (SSSR count). The Bertz CT molecular complexity index is 321. The van der Waals surface area contributed by atoms with Gasteiger partial charge in [0.05, 0.1) is 13.5 Å². The van der Waals surface area contributed by atoms with E-state index < -0.39 is 0 Å². The third kappa shape index (κ3) is 1.71. The largest absolute Gasteiger partial charge is 0.489 e. The Labute approximate surface area is 82.6 Å². The van der Waals surface area contributed by atoms with E-state index in [2.05, 4.69) is 4.74 Å². The molecule has 3 heteroatoms. The van der Waals surface area contributed by atoms with Gasteiger partial charge in [0.25, 0.3) is 0 Å². The van der Waals surface area contributed by atoms with Crippen LogP contribution in [0.4, 0.5) is 0 Å². The van der Waals surface area contributed by atoms with E-state index in [0.29, 0.717) is 6.42 Å². The van der Waals surface area contributed by atoms with Crippen LogP contribution in [-0.4, -0.2) is 19.2 Å². The van der Waals surface area contributed by atoms with E-state index in [1.54, 1.807) is 0 Å². The minimum absolute atomic E-state index is 0.0557. The van der Waals surface area contributed by atoms with Crippen LogP contribution in [-0.2, 0) is 16.0 Å². The zero-order valence-electron chi connectivity index (χ0n) is 8.03. The Morgan fingerprint density at radius 3 is 3.07 bits per heavy atom. The van der Waals surface area contributed by atoms with Gasteiger partial charge in [-0.2, -0.15) is 0 Å². The Balaban J connectivity index is 2.01. The number of methoxy groups -OCH3 is 1. The molecule has 0 saturated carbocycles. The van der Waals surface area contributed by atoms with E-state index >= 15 is 0 Å². The summed E-state index contributed by atoms with van der Waals surface area (Å²) in [5.74, 6) is 0.671. The zero-order chi connectivity index (χ0) is 9.97. The first-order chi connectivity index (χ1) is 6.79. The monoisotopic (exact) mass is 192 g/mol. The summed E-state index contributed by atoms with van der Waals surface area (Å²) in [5.41, 5.74) is 1.17. The highest BCUT2D eigenvalue weighted by atomic mass is 16.5. The molecule has 0 N–H and O–H groups in total. The predicted octanol–water partition coefficient (Wildman–Crippen LogP) is 1.55. The highest BCUT2D eigenvalue weighted by Gasteiger charge is 2.24. The van der Waals surface area contributed by atoms with E-state index in [4.69, 9.17) is 4.74 Å². The first-order valence-electron chi connectivity index (χ1n) is 4.61. The summed E-state index contributed by atoms with van der Waals surface area (Å²) in [6.45, 7) is 0. The second-order valence-corrected chi connectivity index (χ2v) is 3.33. The molecule has 0 radical (unpaired) electrons. The summed E-state index contributed by atoms with van der Waals surface area (Å²) in [5, 5.41) is 0. The van der Waals surface area contributed by atoms with Crippen LogP contribution in [0, 0.1) is 0 Å². The zero-order valence-corrected chi connectivity index (χ0v) is 8.03. The topological polar surface area (TPSA) is 35.5 Å². The van der Waals surface area contributed by atoms with Crippen molar-refractivity contribution in [3.05, 3.63) is 29.8 Å². The number of rotatable bonds is 2. The summed E-state index contributed by atoms with van der Waals surface area (Å²) in [6, 6.07) is 7.85. The van der Waals surface area contributed by atoms with Gasteiger partial charge in [-0.05, 0) is 11.6 Å². The Hall–Kier alpha value is -1.51. The fraction of sp³-hybridized carbons (Fsp3) is 0.364. The molecule has 1 heterocycles. The van der Waals surface area contributed by atoms with Gasteiger partial charge >= 0.3 is 5.97 Å². The van der Waals surface area contributed by atoms with Crippen molar-refractivity contribution >= 4 is 5.97 Å². The molecule has 0 amide bonds. The van der Waals surface area contributed by atoms with Crippen LogP contribution < -0.4 is 4.74 Å². The average molecular weight is 192 g/mol. The standard InChI is InChI=1S/C11H12O3/c1-13-11(12)7-9-6-8-4-2-3-5-10(8)14-9/h2-5,9H,6-7H2,1H3/t9-/m1/s1. The van der Waals surface area contributed by atoms with Crippen molar-refractivity contribution in [2.45, 2.75) is 18.9 Å². The minimum Gasteiger partial charge on any atom is -0.489 e. The van der Waals surface area contributed by atoms with Crippen molar-refractivity contribution in [2.75, 3.05) is 7.11 Å². The number of esters is 1. The summed E-state index contributed by atoms with van der Waals surface area (Å²) < 4.78 is 10.2. The van der Waals surface area contributed by atoms with Gasteiger partial charge in [-0.3, -0.25) is 4.79 Å². The van der Waals surface area contributed by atoms with Crippen LogP contribution in [0.5, 0.6) is 5.75 Å². The number of hydrogen-bond acceptors (Lipinski definition) is 3. The maximum atomic E-state index is 11.0. The molecule has 1 aromatic carbocycles. The molecule has 0 saturated heterocycles. The molecule has 0 unspecified atom stereocenters. The molecule has 0 aromatic heterocycles. The van der Waals surface area contributed by atoms with Crippen LogP contribution in [0.3, 0.4) is 0 Å². The molecule has 0 fully saturated rings. The second kappa shape index (κ2) is 3.70. The van der Waals surface area contributed by atoms with Gasteiger partial charge in [0.1, 0.15) is 11.9 Å². The first kappa shape index (κ1) is 9.06. The summed E-state index contributed by atoms with van der Waals surface area (Å²) in [4.78, 5) is 11.0. The highest BCUT2D eigenvalue weighted by molar-refractivity contribution is 5.70. The number of ether oxygens (including phenoxy) is 2. The van der Waals surface area contributed by atoms with E-state index in [1.807, 2.05) is 24.3 Å². The number of benzene rings is 1. The molecule has 0 aliphatic carbocycles. The number of carbonyl (C=O) groups excluding carboxylic acids is 1. The smallest absolute Gasteiger partial charge is 0.309 e. The lowest BCUT2D eigenvalue weighted by Crippen LogP contribution is -2.18. The molecule has 1 aliphatic heterocycles. The summed E-state index contributed by atoms with van der Waals surface area (Å²) >= 11 is 0. The molecule has 14 heavy (non-hydrogen) atoms. The molecular weight excluding hydrogens is 180 g/mol. The molecule has 0 bridgehead atoms. The third-order valence-electron chi connectivity index (χ3n) is 2.34. The van der Waals surface area contributed by atoms with Crippen LogP contribution in [0.15, 0.2) is 24.3 Å². The lowest BCUT2D eigenvalue weighted by molar-refractivity contribution is -0.142. The molecular formula is C11H12O3. The van der Waals surface area contributed by atoms with Gasteiger partial charge in [0, 0.05) is 6.42 Å². The SMILES string of the molecule is COC(=O)C[C@H]1Cc2ccccc2O1. The maximum absolute atomic E-state index is 11.0. The highest BCUT2D eigenvalue weighted by Crippen LogP contribution is 2.29. The maximum Gasteiger partial charge on any atom is 0.309 e. The van der Waals surface area contributed by atoms with Crippen LogP contribution in [0.25, 0.3) is 0 Å². The van der Waals surface area contributed by atoms with Gasteiger partial charge in [0.2, 0.25) is 0 Å². The Morgan fingerprint density at radius 1 is 1.57 bits per heavy atom. The van der Waals surface area contributed by atoms with Gasteiger partial charge in [-0.25, -0.2) is 0 Å². The minimum atomic E-state index is -0.220. The average Bonchev–Trinajstić information content (AvgIpc) is 2.59. The summed E-state index contributed by atoms with van der Waals surface area (Å²) in [7, 11) is 1.39. The molecule has 1 atom stereocenters. The number of para-hydroxylation sites is 1. The lowest BCUT2D eigenvalue weighted by atomic mass is 10.1. The van der Waals surface area contributed by atoms with Crippen molar-refractivity contribution in [1.29, 1.82) is 0 Å². The lowest BCUT2D eigenvalue weighted by Gasteiger charge is -2.08. The molecule has 74 valence electrons. The van der Waals surface area contributed by atoms with Crippen molar-refractivity contribution in [2.24, 2.45) is 0 Å². The van der Waals surface area contributed by atoms with Crippen LogP contribution in [0.2, 0.25) is 0 Å². The van der Waals surface area contributed by atoms with Crippen LogP contribution >= 0.6 is 0 Å². The summed E-state index contributed by atoms with van der Waals surface area (Å²) in [6.07, 6.45) is 1.07. The van der Waals surface area contributed by atoms with E-state index in [1.165, 1.54) is 12.7 Å². The number of hydrogen-bond donors (Lipinski definition) is 0. The third-order valence-corrected chi connectivity index (χ3v) is 2.34. The molecule has 1 aliphatic rings. The molecule has 3 nitrogen and oxygen atoms in total. The normalized spacial score (nSPS) is 18.5. The molecule has 0 spiro atoms. The van der Waals surface area contributed by atoms with Crippen molar-refractivity contribution in [3.63, 3.8) is 0 Å². The van der Waals surface area contributed by atoms with Crippen molar-refractivity contribution < 1.29 is 14.3 Å². The van der Waals surface area contributed by atoms with E-state index in [0.717, 1.165) is 12.2 Å². The number of carbonyl (C=O) groups is 1. The second-order valence-electron chi connectivity index (χ2n) is 3.33.